The van der Waals surface area contributed by atoms with E-state index in [1.165, 1.54) is 0 Å². The van der Waals surface area contributed by atoms with Crippen molar-refractivity contribution in [2.45, 2.75) is 19.8 Å². The fourth-order valence-corrected chi connectivity index (χ4v) is 1.85. The number of aldehydes is 1. The van der Waals surface area contributed by atoms with Crippen LogP contribution in [-0.4, -0.2) is 12.9 Å². The number of ether oxygens (including phenoxy) is 1. The van der Waals surface area contributed by atoms with Crippen LogP contribution in [-0.2, 0) is 11.2 Å². The Bertz CT molecular complexity index is 386. The highest BCUT2D eigenvalue weighted by Crippen LogP contribution is 2.29. The molecule has 0 aliphatic rings. The van der Waals surface area contributed by atoms with Crippen molar-refractivity contribution >= 4 is 22.2 Å². The molecule has 0 radical (unpaired) electrons. The molecule has 0 atom stereocenters. The molecule has 1 aromatic rings. The minimum Gasteiger partial charge on any atom is -0.488 e. The lowest BCUT2D eigenvalue weighted by Crippen LogP contribution is -1.99. The summed E-state index contributed by atoms with van der Waals surface area (Å²) in [6, 6.07) is 5.82. The van der Waals surface area contributed by atoms with E-state index in [-0.39, 0.29) is 0 Å². The predicted octanol–water partition coefficient (Wildman–Crippen LogP) is 3.54. The Balaban J connectivity index is 2.77. The summed E-state index contributed by atoms with van der Waals surface area (Å²) in [6.07, 6.45) is 2.19. The Morgan fingerprint density at radius 1 is 1.56 bits per heavy atom. The van der Waals surface area contributed by atoms with Gasteiger partial charge in [-0.05, 0) is 46.5 Å². The van der Waals surface area contributed by atoms with Crippen LogP contribution in [0.4, 0.5) is 0 Å². The highest BCUT2D eigenvalue weighted by atomic mass is 79.9. The highest BCUT2D eigenvalue weighted by molar-refractivity contribution is 9.10. The first-order valence-electron chi connectivity index (χ1n) is 5.13. The van der Waals surface area contributed by atoms with Gasteiger partial charge in [0.25, 0.3) is 0 Å². The van der Waals surface area contributed by atoms with E-state index < -0.39 is 0 Å². The molecule has 3 heteroatoms. The summed E-state index contributed by atoms with van der Waals surface area (Å²) >= 11 is 3.49. The van der Waals surface area contributed by atoms with Gasteiger partial charge in [-0.3, -0.25) is 0 Å². The van der Waals surface area contributed by atoms with Gasteiger partial charge in [-0.1, -0.05) is 18.7 Å². The standard InChI is InChI=1S/C13H15BrO2/c1-10(2)9-16-12-7-3-5-11(13(12)14)6-4-8-15/h3,5,7-8H,1,4,6,9H2,2H3. The molecule has 0 fully saturated rings. The predicted molar refractivity (Wildman–Crippen MR) is 68.8 cm³/mol. The normalized spacial score (nSPS) is 9.88. The minimum atomic E-state index is 0.510. The van der Waals surface area contributed by atoms with Crippen molar-refractivity contribution in [2.24, 2.45) is 0 Å². The number of benzene rings is 1. The molecular formula is C13H15BrO2. The lowest BCUT2D eigenvalue weighted by molar-refractivity contribution is -0.107. The number of carbonyl (C=O) groups excluding carboxylic acids is 1. The Hall–Kier alpha value is -1.09. The van der Waals surface area contributed by atoms with Crippen LogP contribution in [0.2, 0.25) is 0 Å². The minimum absolute atomic E-state index is 0.510. The zero-order chi connectivity index (χ0) is 12.0. The quantitative estimate of drug-likeness (QED) is 0.589. The molecule has 0 saturated heterocycles. The summed E-state index contributed by atoms with van der Waals surface area (Å²) < 4.78 is 6.51. The number of hydrogen-bond donors (Lipinski definition) is 0. The lowest BCUT2D eigenvalue weighted by Gasteiger charge is -2.10. The molecule has 0 heterocycles. The van der Waals surface area contributed by atoms with Crippen molar-refractivity contribution in [3.05, 3.63) is 40.4 Å². The van der Waals surface area contributed by atoms with Gasteiger partial charge in [-0.25, -0.2) is 0 Å². The second-order valence-corrected chi connectivity index (χ2v) is 4.47. The molecule has 0 N–H and O–H groups in total. The Morgan fingerprint density at radius 2 is 2.31 bits per heavy atom. The molecule has 0 aromatic heterocycles. The zero-order valence-corrected chi connectivity index (χ0v) is 10.9. The highest BCUT2D eigenvalue weighted by Gasteiger charge is 2.06. The molecule has 0 aliphatic carbocycles. The number of halogens is 1. The van der Waals surface area contributed by atoms with Gasteiger partial charge in [0.05, 0.1) is 4.47 Å². The van der Waals surface area contributed by atoms with Crippen LogP contribution in [0.3, 0.4) is 0 Å². The number of aryl methyl sites for hydroxylation is 1. The maximum atomic E-state index is 10.3. The van der Waals surface area contributed by atoms with Gasteiger partial charge in [-0.2, -0.15) is 0 Å². The fourth-order valence-electron chi connectivity index (χ4n) is 1.28. The largest absolute Gasteiger partial charge is 0.488 e. The van der Waals surface area contributed by atoms with Crippen LogP contribution >= 0.6 is 15.9 Å². The van der Waals surface area contributed by atoms with E-state index >= 15 is 0 Å². The molecule has 0 unspecified atom stereocenters. The molecule has 1 rings (SSSR count). The monoisotopic (exact) mass is 282 g/mol. The van der Waals surface area contributed by atoms with Crippen LogP contribution in [0.5, 0.6) is 5.75 Å². The van der Waals surface area contributed by atoms with E-state index in [0.717, 1.165) is 34.1 Å². The number of carbonyl (C=O) groups is 1. The summed E-state index contributed by atoms with van der Waals surface area (Å²) in [5.74, 6) is 0.798. The van der Waals surface area contributed by atoms with Gasteiger partial charge >= 0.3 is 0 Å². The summed E-state index contributed by atoms with van der Waals surface area (Å²) in [4.78, 5) is 10.3. The van der Waals surface area contributed by atoms with Gasteiger partial charge in [0.2, 0.25) is 0 Å². The van der Waals surface area contributed by atoms with Crippen molar-refractivity contribution in [3.63, 3.8) is 0 Å². The third-order valence-corrected chi connectivity index (χ3v) is 2.95. The van der Waals surface area contributed by atoms with Gasteiger partial charge in [-0.15, -0.1) is 0 Å². The molecule has 86 valence electrons. The topological polar surface area (TPSA) is 26.3 Å². The Kier molecular flexibility index (Phi) is 5.26. The fraction of sp³-hybridized carbons (Fsp3) is 0.308. The van der Waals surface area contributed by atoms with E-state index in [0.29, 0.717) is 13.0 Å². The van der Waals surface area contributed by atoms with Crippen molar-refractivity contribution in [3.8, 4) is 5.75 Å². The third-order valence-electron chi connectivity index (χ3n) is 2.05. The van der Waals surface area contributed by atoms with Crippen molar-refractivity contribution in [2.75, 3.05) is 6.61 Å². The molecule has 0 saturated carbocycles. The lowest BCUT2D eigenvalue weighted by atomic mass is 10.1. The van der Waals surface area contributed by atoms with Crippen LogP contribution in [0.15, 0.2) is 34.8 Å². The van der Waals surface area contributed by atoms with Crippen molar-refractivity contribution < 1.29 is 9.53 Å². The maximum absolute atomic E-state index is 10.3. The van der Waals surface area contributed by atoms with Crippen LogP contribution in [0.25, 0.3) is 0 Å². The molecular weight excluding hydrogens is 268 g/mol. The van der Waals surface area contributed by atoms with Crippen molar-refractivity contribution in [1.29, 1.82) is 0 Å². The Morgan fingerprint density at radius 3 is 2.94 bits per heavy atom. The molecule has 16 heavy (non-hydrogen) atoms. The van der Waals surface area contributed by atoms with E-state index in [1.54, 1.807) is 0 Å². The number of hydrogen-bond acceptors (Lipinski definition) is 2. The van der Waals surface area contributed by atoms with Crippen LogP contribution < -0.4 is 4.74 Å². The first-order valence-corrected chi connectivity index (χ1v) is 5.92. The molecule has 0 amide bonds. The first-order chi connectivity index (χ1) is 7.65. The second-order valence-electron chi connectivity index (χ2n) is 3.68. The smallest absolute Gasteiger partial charge is 0.134 e. The summed E-state index contributed by atoms with van der Waals surface area (Å²) in [5.41, 5.74) is 2.07. The average Bonchev–Trinajstić information content (AvgIpc) is 2.26. The third kappa shape index (κ3) is 3.81. The SMILES string of the molecule is C=C(C)COc1cccc(CCC=O)c1Br. The summed E-state index contributed by atoms with van der Waals surface area (Å²) in [5, 5.41) is 0. The van der Waals surface area contributed by atoms with Gasteiger partial charge in [0, 0.05) is 6.42 Å². The number of rotatable bonds is 6. The molecule has 2 nitrogen and oxygen atoms in total. The molecule has 0 spiro atoms. The van der Waals surface area contributed by atoms with E-state index in [2.05, 4.69) is 22.5 Å². The van der Waals surface area contributed by atoms with E-state index in [4.69, 9.17) is 4.74 Å². The van der Waals surface area contributed by atoms with Gasteiger partial charge < -0.3 is 9.53 Å². The van der Waals surface area contributed by atoms with Crippen LogP contribution in [0, 0.1) is 0 Å². The van der Waals surface area contributed by atoms with Crippen molar-refractivity contribution in [1.82, 2.24) is 0 Å². The molecule has 0 bridgehead atoms. The summed E-state index contributed by atoms with van der Waals surface area (Å²) in [6.45, 7) is 6.22. The summed E-state index contributed by atoms with van der Waals surface area (Å²) in [7, 11) is 0. The molecule has 1 aromatic carbocycles. The Labute approximate surface area is 104 Å². The van der Waals surface area contributed by atoms with Gasteiger partial charge in [0.1, 0.15) is 18.6 Å². The average molecular weight is 283 g/mol. The van der Waals surface area contributed by atoms with Gasteiger partial charge in [0.15, 0.2) is 0 Å². The van der Waals surface area contributed by atoms with E-state index in [1.807, 2.05) is 25.1 Å². The van der Waals surface area contributed by atoms with Crippen LogP contribution in [0.1, 0.15) is 18.9 Å². The first kappa shape index (κ1) is 13.0. The van der Waals surface area contributed by atoms with E-state index in [9.17, 15) is 4.79 Å². The molecule has 0 aliphatic heterocycles. The second kappa shape index (κ2) is 6.48. The zero-order valence-electron chi connectivity index (χ0n) is 9.33. The maximum Gasteiger partial charge on any atom is 0.134 e.